The summed E-state index contributed by atoms with van der Waals surface area (Å²) >= 11 is 0. The Bertz CT molecular complexity index is 528. The Kier molecular flexibility index (Phi) is 10.4. The fraction of sp³-hybridized carbons (Fsp3) is 0.900. The third-order valence-corrected chi connectivity index (χ3v) is 6.18. The minimum absolute atomic E-state index is 0. The quantitative estimate of drug-likeness (QED) is 0.319. The average Bonchev–Trinajstić information content (AvgIpc) is 3.28. The summed E-state index contributed by atoms with van der Waals surface area (Å²) < 4.78 is 11.3. The number of rotatable bonds is 6. The van der Waals surface area contributed by atoms with Gasteiger partial charge in [-0.25, -0.2) is 0 Å². The van der Waals surface area contributed by atoms with E-state index in [4.69, 9.17) is 14.5 Å². The number of guanidine groups is 1. The molecule has 3 aliphatic rings. The summed E-state index contributed by atoms with van der Waals surface area (Å²) in [4.78, 5) is 23.9. The van der Waals surface area contributed by atoms with Gasteiger partial charge in [0.05, 0.1) is 18.7 Å². The van der Waals surface area contributed by atoms with Crippen LogP contribution in [0.2, 0.25) is 0 Å². The number of piperazine rings is 1. The van der Waals surface area contributed by atoms with Crippen molar-refractivity contribution in [3.63, 3.8) is 0 Å². The lowest BCUT2D eigenvalue weighted by atomic mass is 9.94. The van der Waals surface area contributed by atoms with Gasteiger partial charge in [-0.1, -0.05) is 0 Å². The standard InChI is InChI=1S/C20H37N5O3.HI/c1-3-21-19(22-17-20(27-2)6-14-28-15-7-20)25-12-10-23(11-13-25)16-18(26)24-8-4-5-9-24;/h3-17H2,1-2H3,(H,21,22);1H. The molecule has 3 heterocycles. The van der Waals surface area contributed by atoms with Crippen LogP contribution in [0.4, 0.5) is 0 Å². The second-order valence-electron chi connectivity index (χ2n) is 8.02. The molecule has 0 unspecified atom stereocenters. The Morgan fingerprint density at radius 1 is 1.07 bits per heavy atom. The normalized spacial score (nSPS) is 23.0. The smallest absolute Gasteiger partial charge is 0.236 e. The molecule has 0 aromatic carbocycles. The highest BCUT2D eigenvalue weighted by atomic mass is 127. The van der Waals surface area contributed by atoms with Crippen LogP contribution in [0.5, 0.6) is 0 Å². The molecule has 8 nitrogen and oxygen atoms in total. The zero-order chi connectivity index (χ0) is 19.8. The lowest BCUT2D eigenvalue weighted by Crippen LogP contribution is -2.54. The Balaban J connectivity index is 0.00000300. The highest BCUT2D eigenvalue weighted by molar-refractivity contribution is 14.0. The van der Waals surface area contributed by atoms with Crippen LogP contribution in [-0.4, -0.2) is 111 Å². The zero-order valence-electron chi connectivity index (χ0n) is 18.0. The first-order valence-electron chi connectivity index (χ1n) is 10.8. The molecule has 168 valence electrons. The van der Waals surface area contributed by atoms with E-state index in [1.807, 2.05) is 4.90 Å². The number of aliphatic imine (C=N–C) groups is 1. The molecule has 3 rings (SSSR count). The number of amides is 1. The predicted molar refractivity (Wildman–Crippen MR) is 125 cm³/mol. The summed E-state index contributed by atoms with van der Waals surface area (Å²) in [7, 11) is 1.78. The first kappa shape index (κ1) is 24.6. The van der Waals surface area contributed by atoms with E-state index in [2.05, 4.69) is 22.0 Å². The van der Waals surface area contributed by atoms with Crippen molar-refractivity contribution in [2.24, 2.45) is 4.99 Å². The summed E-state index contributed by atoms with van der Waals surface area (Å²) in [5, 5.41) is 3.43. The molecule has 29 heavy (non-hydrogen) atoms. The van der Waals surface area contributed by atoms with Crippen molar-refractivity contribution in [2.75, 3.05) is 79.2 Å². The van der Waals surface area contributed by atoms with Gasteiger partial charge in [0, 0.05) is 79.0 Å². The molecule has 0 bridgehead atoms. The minimum atomic E-state index is -0.205. The Morgan fingerprint density at radius 3 is 2.31 bits per heavy atom. The van der Waals surface area contributed by atoms with Crippen molar-refractivity contribution < 1.29 is 14.3 Å². The number of hydrogen-bond donors (Lipinski definition) is 1. The number of methoxy groups -OCH3 is 1. The summed E-state index contributed by atoms with van der Waals surface area (Å²) in [6.45, 7) is 11.1. The lowest BCUT2D eigenvalue weighted by molar-refractivity contribution is -0.131. The van der Waals surface area contributed by atoms with Crippen molar-refractivity contribution in [2.45, 2.75) is 38.2 Å². The van der Waals surface area contributed by atoms with Gasteiger partial charge in [-0.05, 0) is 19.8 Å². The molecule has 0 radical (unpaired) electrons. The molecule has 0 aromatic heterocycles. The Labute approximate surface area is 192 Å². The lowest BCUT2D eigenvalue weighted by Gasteiger charge is -2.38. The summed E-state index contributed by atoms with van der Waals surface area (Å²) in [5.41, 5.74) is -0.205. The van der Waals surface area contributed by atoms with Crippen molar-refractivity contribution >= 4 is 35.8 Å². The third-order valence-electron chi connectivity index (χ3n) is 6.18. The maximum Gasteiger partial charge on any atom is 0.236 e. The van der Waals surface area contributed by atoms with Crippen LogP contribution in [0.3, 0.4) is 0 Å². The third kappa shape index (κ3) is 6.93. The molecule has 0 saturated carbocycles. The first-order chi connectivity index (χ1) is 13.7. The van der Waals surface area contributed by atoms with Crippen molar-refractivity contribution in [3.05, 3.63) is 0 Å². The van der Waals surface area contributed by atoms with E-state index >= 15 is 0 Å². The molecule has 0 aromatic rings. The SMILES string of the molecule is CCNC(=NCC1(OC)CCOCC1)N1CCN(CC(=O)N2CCCC2)CC1.I. The molecule has 0 spiro atoms. The number of nitrogens with zero attached hydrogens (tertiary/aromatic N) is 4. The fourth-order valence-corrected chi connectivity index (χ4v) is 4.19. The van der Waals surface area contributed by atoms with Crippen molar-refractivity contribution in [1.82, 2.24) is 20.0 Å². The van der Waals surface area contributed by atoms with E-state index in [9.17, 15) is 4.79 Å². The molecule has 1 N–H and O–H groups in total. The predicted octanol–water partition coefficient (Wildman–Crippen LogP) is 1.01. The van der Waals surface area contributed by atoms with Gasteiger partial charge in [0.1, 0.15) is 0 Å². The van der Waals surface area contributed by atoms with Crippen LogP contribution in [0.15, 0.2) is 4.99 Å². The van der Waals surface area contributed by atoms with Gasteiger partial charge in [0.2, 0.25) is 5.91 Å². The van der Waals surface area contributed by atoms with E-state index in [-0.39, 0.29) is 35.5 Å². The highest BCUT2D eigenvalue weighted by Crippen LogP contribution is 2.25. The monoisotopic (exact) mass is 523 g/mol. The molecule has 0 aliphatic carbocycles. The number of likely N-dealkylation sites (tertiary alicyclic amines) is 1. The van der Waals surface area contributed by atoms with Gasteiger partial charge in [-0.2, -0.15) is 0 Å². The van der Waals surface area contributed by atoms with Gasteiger partial charge in [0.15, 0.2) is 5.96 Å². The van der Waals surface area contributed by atoms with Crippen LogP contribution in [0.25, 0.3) is 0 Å². The van der Waals surface area contributed by atoms with Crippen molar-refractivity contribution in [1.29, 1.82) is 0 Å². The molecular formula is C20H38IN5O3. The largest absolute Gasteiger partial charge is 0.381 e. The number of carbonyl (C=O) groups is 1. The molecule has 1 amide bonds. The fourth-order valence-electron chi connectivity index (χ4n) is 4.19. The van der Waals surface area contributed by atoms with Gasteiger partial charge in [0.25, 0.3) is 0 Å². The summed E-state index contributed by atoms with van der Waals surface area (Å²) in [6.07, 6.45) is 4.08. The van der Waals surface area contributed by atoms with Gasteiger partial charge in [-0.15, -0.1) is 24.0 Å². The van der Waals surface area contributed by atoms with E-state index in [0.29, 0.717) is 13.1 Å². The molecule has 3 aliphatic heterocycles. The molecule has 0 atom stereocenters. The number of carbonyl (C=O) groups excluding carboxylic acids is 1. The van der Waals surface area contributed by atoms with E-state index in [1.165, 1.54) is 0 Å². The Hall–Kier alpha value is -0.650. The van der Waals surface area contributed by atoms with Crippen LogP contribution in [0.1, 0.15) is 32.6 Å². The minimum Gasteiger partial charge on any atom is -0.381 e. The van der Waals surface area contributed by atoms with E-state index < -0.39 is 0 Å². The highest BCUT2D eigenvalue weighted by Gasteiger charge is 2.33. The maximum absolute atomic E-state index is 12.4. The maximum atomic E-state index is 12.4. The Morgan fingerprint density at radius 2 is 1.72 bits per heavy atom. The van der Waals surface area contributed by atoms with E-state index in [0.717, 1.165) is 90.7 Å². The second kappa shape index (κ2) is 12.3. The first-order valence-corrected chi connectivity index (χ1v) is 10.8. The number of hydrogen-bond acceptors (Lipinski definition) is 5. The molecular weight excluding hydrogens is 485 g/mol. The van der Waals surface area contributed by atoms with Crippen molar-refractivity contribution in [3.8, 4) is 0 Å². The van der Waals surface area contributed by atoms with Crippen LogP contribution in [0, 0.1) is 0 Å². The molecule has 3 fully saturated rings. The second-order valence-corrected chi connectivity index (χ2v) is 8.02. The van der Waals surface area contributed by atoms with Crippen LogP contribution in [-0.2, 0) is 14.3 Å². The molecule has 3 saturated heterocycles. The number of nitrogens with one attached hydrogen (secondary N) is 1. The topological polar surface area (TPSA) is 69.6 Å². The van der Waals surface area contributed by atoms with Crippen LogP contribution >= 0.6 is 24.0 Å². The molecule has 9 heteroatoms. The summed E-state index contributed by atoms with van der Waals surface area (Å²) in [6, 6.07) is 0. The summed E-state index contributed by atoms with van der Waals surface area (Å²) in [5.74, 6) is 1.24. The van der Waals surface area contributed by atoms with Gasteiger partial charge < -0.3 is 24.6 Å². The van der Waals surface area contributed by atoms with Crippen LogP contribution < -0.4 is 5.32 Å². The van der Waals surface area contributed by atoms with Gasteiger partial charge in [-0.3, -0.25) is 14.7 Å². The van der Waals surface area contributed by atoms with E-state index in [1.54, 1.807) is 7.11 Å². The number of halogens is 1. The zero-order valence-corrected chi connectivity index (χ0v) is 20.4. The number of ether oxygens (including phenoxy) is 2. The van der Waals surface area contributed by atoms with Gasteiger partial charge >= 0.3 is 0 Å². The average molecular weight is 523 g/mol.